The Morgan fingerprint density at radius 2 is 1.62 bits per heavy atom. The van der Waals surface area contributed by atoms with Gasteiger partial charge in [0.2, 0.25) is 5.91 Å². The molecule has 4 nitrogen and oxygen atoms in total. The van der Waals surface area contributed by atoms with Gasteiger partial charge in [-0.2, -0.15) is 0 Å². The van der Waals surface area contributed by atoms with Crippen LogP contribution in [0.2, 0.25) is 0 Å². The highest BCUT2D eigenvalue weighted by atomic mass is 32.2. The third kappa shape index (κ3) is 4.01. The van der Waals surface area contributed by atoms with Gasteiger partial charge in [0.1, 0.15) is 0 Å². The van der Waals surface area contributed by atoms with Gasteiger partial charge in [-0.1, -0.05) is 42.1 Å². The number of hydrogen-bond acceptors (Lipinski definition) is 4. The second-order valence-corrected chi connectivity index (χ2v) is 6.30. The van der Waals surface area contributed by atoms with E-state index in [1.165, 1.54) is 0 Å². The number of carbonyl (C=O) groups is 1. The van der Waals surface area contributed by atoms with Crippen LogP contribution in [-0.4, -0.2) is 16.1 Å². The molecule has 1 aromatic heterocycles. The maximum atomic E-state index is 11.4. The van der Waals surface area contributed by atoms with Crippen LogP contribution in [0.15, 0.2) is 82.8 Å². The second-order valence-electron chi connectivity index (χ2n) is 5.18. The van der Waals surface area contributed by atoms with Gasteiger partial charge in [-0.05, 0) is 47.0 Å². The first kappa shape index (κ1) is 16.2. The fraction of sp³-hybridized carbons (Fsp3) is 0.0526. The molecule has 0 bridgehead atoms. The Morgan fingerprint density at radius 3 is 2.33 bits per heavy atom. The monoisotopic (exact) mass is 336 g/mol. The van der Waals surface area contributed by atoms with Crippen LogP contribution in [0.5, 0.6) is 0 Å². The Balaban J connectivity index is 1.78. The van der Waals surface area contributed by atoms with Crippen molar-refractivity contribution in [3.8, 4) is 11.1 Å². The van der Waals surface area contributed by atoms with Crippen LogP contribution in [-0.2, 0) is 11.2 Å². The van der Waals surface area contributed by atoms with Gasteiger partial charge in [-0.15, -0.1) is 0 Å². The van der Waals surface area contributed by atoms with E-state index in [1.54, 1.807) is 29.6 Å². The average Bonchev–Trinajstić information content (AvgIpc) is 2.64. The number of amides is 1. The lowest BCUT2D eigenvalue weighted by Crippen LogP contribution is -2.20. The highest BCUT2D eigenvalue weighted by Crippen LogP contribution is 2.32. The van der Waals surface area contributed by atoms with E-state index in [-0.39, 0.29) is 6.42 Å². The molecular weight excluding hydrogens is 320 g/mol. The maximum Gasteiger partial charge on any atom is 0.247 e. The Hall–Kier alpha value is -2.63. The summed E-state index contributed by atoms with van der Waals surface area (Å²) in [5.74, 6) is -0.420. The number of nitrogens with one attached hydrogen (secondary N) is 1. The predicted octanol–water partition coefficient (Wildman–Crippen LogP) is 3.95. The van der Waals surface area contributed by atoms with Crippen molar-refractivity contribution < 1.29 is 10.0 Å². The minimum atomic E-state index is -0.420. The lowest BCUT2D eigenvalue weighted by molar-refractivity contribution is -0.128. The van der Waals surface area contributed by atoms with E-state index >= 15 is 0 Å². The zero-order valence-electron chi connectivity index (χ0n) is 12.8. The molecule has 0 radical (unpaired) electrons. The van der Waals surface area contributed by atoms with Crippen LogP contribution in [0.1, 0.15) is 5.56 Å². The molecule has 0 aliphatic rings. The number of rotatable bonds is 5. The Morgan fingerprint density at radius 1 is 0.958 bits per heavy atom. The molecule has 0 atom stereocenters. The van der Waals surface area contributed by atoms with Crippen molar-refractivity contribution in [1.82, 2.24) is 10.5 Å². The summed E-state index contributed by atoms with van der Waals surface area (Å²) < 4.78 is 0. The largest absolute Gasteiger partial charge is 0.289 e. The molecular formula is C19H16N2O2S. The normalized spacial score (nSPS) is 10.4. The summed E-state index contributed by atoms with van der Waals surface area (Å²) in [7, 11) is 0. The van der Waals surface area contributed by atoms with Crippen LogP contribution < -0.4 is 5.48 Å². The number of benzene rings is 2. The number of hydrogen-bond donors (Lipinski definition) is 2. The minimum Gasteiger partial charge on any atom is -0.289 e. The Labute approximate surface area is 144 Å². The van der Waals surface area contributed by atoms with Crippen molar-refractivity contribution in [2.75, 3.05) is 0 Å². The highest BCUT2D eigenvalue weighted by Gasteiger charge is 2.08. The van der Waals surface area contributed by atoms with Crippen LogP contribution >= 0.6 is 11.8 Å². The van der Waals surface area contributed by atoms with Gasteiger partial charge in [0.25, 0.3) is 0 Å². The average molecular weight is 336 g/mol. The summed E-state index contributed by atoms with van der Waals surface area (Å²) in [5.41, 5.74) is 4.82. The SMILES string of the molecule is O=C(Cc1ccccc1Sc1ccc(-c2ccncc2)cc1)NO. The number of carbonyl (C=O) groups excluding carboxylic acids is 1. The summed E-state index contributed by atoms with van der Waals surface area (Å²) >= 11 is 1.60. The molecule has 0 saturated carbocycles. The smallest absolute Gasteiger partial charge is 0.247 e. The molecule has 0 fully saturated rings. The Kier molecular flexibility index (Phi) is 5.25. The molecule has 0 aliphatic heterocycles. The summed E-state index contributed by atoms with van der Waals surface area (Å²) in [6.45, 7) is 0. The predicted molar refractivity (Wildman–Crippen MR) is 93.9 cm³/mol. The van der Waals surface area contributed by atoms with E-state index in [0.717, 1.165) is 26.5 Å². The van der Waals surface area contributed by atoms with Crippen LogP contribution in [0, 0.1) is 0 Å². The van der Waals surface area contributed by atoms with Crippen molar-refractivity contribution in [2.45, 2.75) is 16.2 Å². The first-order chi connectivity index (χ1) is 11.8. The zero-order chi connectivity index (χ0) is 16.8. The topological polar surface area (TPSA) is 62.2 Å². The summed E-state index contributed by atoms with van der Waals surface area (Å²) in [6, 6.07) is 19.9. The highest BCUT2D eigenvalue weighted by molar-refractivity contribution is 7.99. The van der Waals surface area contributed by atoms with Crippen molar-refractivity contribution >= 4 is 17.7 Å². The first-order valence-corrected chi connectivity index (χ1v) is 8.27. The molecule has 24 heavy (non-hydrogen) atoms. The van der Waals surface area contributed by atoms with Gasteiger partial charge in [0.15, 0.2) is 0 Å². The molecule has 0 unspecified atom stereocenters. The second kappa shape index (κ2) is 7.77. The van der Waals surface area contributed by atoms with E-state index in [2.05, 4.69) is 29.2 Å². The zero-order valence-corrected chi connectivity index (χ0v) is 13.7. The van der Waals surface area contributed by atoms with Crippen molar-refractivity contribution in [2.24, 2.45) is 0 Å². The molecule has 5 heteroatoms. The molecule has 3 rings (SSSR count). The standard InChI is InChI=1S/C19H16N2O2S/c22-19(21-23)13-16-3-1-2-4-18(16)24-17-7-5-14(6-8-17)15-9-11-20-12-10-15/h1-12,23H,13H2,(H,21,22). The molecule has 0 spiro atoms. The summed E-state index contributed by atoms with van der Waals surface area (Å²) in [4.78, 5) is 17.5. The number of hydroxylamine groups is 1. The fourth-order valence-electron chi connectivity index (χ4n) is 2.35. The number of aromatic nitrogens is 1. The van der Waals surface area contributed by atoms with Gasteiger partial charge in [0, 0.05) is 22.2 Å². The lowest BCUT2D eigenvalue weighted by atomic mass is 10.1. The van der Waals surface area contributed by atoms with Crippen molar-refractivity contribution in [3.63, 3.8) is 0 Å². The van der Waals surface area contributed by atoms with E-state index in [9.17, 15) is 4.79 Å². The molecule has 2 aromatic carbocycles. The van der Waals surface area contributed by atoms with Gasteiger partial charge >= 0.3 is 0 Å². The van der Waals surface area contributed by atoms with E-state index < -0.39 is 5.91 Å². The summed E-state index contributed by atoms with van der Waals surface area (Å²) in [5, 5.41) is 8.70. The lowest BCUT2D eigenvalue weighted by Gasteiger charge is -2.09. The molecule has 0 aliphatic carbocycles. The quantitative estimate of drug-likeness (QED) is 0.547. The van der Waals surface area contributed by atoms with Gasteiger partial charge in [-0.25, -0.2) is 5.48 Å². The molecule has 2 N–H and O–H groups in total. The molecule has 120 valence electrons. The maximum absolute atomic E-state index is 11.4. The van der Waals surface area contributed by atoms with Crippen LogP contribution in [0.4, 0.5) is 0 Å². The van der Waals surface area contributed by atoms with Gasteiger partial charge in [-0.3, -0.25) is 15.0 Å². The molecule has 1 amide bonds. The Bertz CT molecular complexity index is 820. The summed E-state index contributed by atoms with van der Waals surface area (Å²) in [6.07, 6.45) is 3.70. The third-order valence-electron chi connectivity index (χ3n) is 3.54. The van der Waals surface area contributed by atoms with Crippen LogP contribution in [0.25, 0.3) is 11.1 Å². The molecule has 0 saturated heterocycles. The fourth-order valence-corrected chi connectivity index (χ4v) is 3.29. The third-order valence-corrected chi connectivity index (χ3v) is 4.67. The minimum absolute atomic E-state index is 0.148. The van der Waals surface area contributed by atoms with Crippen molar-refractivity contribution in [3.05, 3.63) is 78.6 Å². The van der Waals surface area contributed by atoms with Crippen molar-refractivity contribution in [1.29, 1.82) is 0 Å². The number of pyridine rings is 1. The molecule has 3 aromatic rings. The van der Waals surface area contributed by atoms with E-state index in [4.69, 9.17) is 5.21 Å². The van der Waals surface area contributed by atoms with E-state index in [1.807, 2.05) is 36.4 Å². The van der Waals surface area contributed by atoms with Gasteiger partial charge in [0.05, 0.1) is 6.42 Å². The first-order valence-electron chi connectivity index (χ1n) is 7.45. The number of nitrogens with zero attached hydrogens (tertiary/aromatic N) is 1. The van der Waals surface area contributed by atoms with Gasteiger partial charge < -0.3 is 0 Å². The van der Waals surface area contributed by atoms with E-state index in [0.29, 0.717) is 0 Å². The molecule has 1 heterocycles. The van der Waals surface area contributed by atoms with Crippen LogP contribution in [0.3, 0.4) is 0 Å².